The molecule has 5 heteroatoms. The number of benzene rings is 1. The van der Waals surface area contributed by atoms with Crippen LogP contribution < -0.4 is 16.0 Å². The summed E-state index contributed by atoms with van der Waals surface area (Å²) in [4.78, 5) is 8.33. The standard InChI is InChI=1S/C14H18N4O/c1-9(2)12-13(18-15)16-8-17-14(12)19-11-7-5-4-6-10(11)3/h4-9H,15H2,1-3H3,(H,16,17,18). The van der Waals surface area contributed by atoms with Crippen LogP contribution in [0.2, 0.25) is 0 Å². The number of nitrogens with zero attached hydrogens (tertiary/aromatic N) is 2. The van der Waals surface area contributed by atoms with Gasteiger partial charge in [-0.2, -0.15) is 0 Å². The molecule has 0 aliphatic rings. The van der Waals surface area contributed by atoms with Crippen molar-refractivity contribution in [3.05, 3.63) is 41.7 Å². The normalized spacial score (nSPS) is 10.6. The van der Waals surface area contributed by atoms with Gasteiger partial charge in [0.15, 0.2) is 5.82 Å². The predicted octanol–water partition coefficient (Wildman–Crippen LogP) is 2.99. The zero-order valence-electron chi connectivity index (χ0n) is 11.3. The summed E-state index contributed by atoms with van der Waals surface area (Å²) in [6.07, 6.45) is 1.44. The molecule has 0 spiro atoms. The number of hydrogen-bond donors (Lipinski definition) is 2. The Hall–Kier alpha value is -2.14. The van der Waals surface area contributed by atoms with E-state index < -0.39 is 0 Å². The van der Waals surface area contributed by atoms with Crippen molar-refractivity contribution in [3.8, 4) is 11.6 Å². The highest BCUT2D eigenvalue weighted by molar-refractivity contribution is 5.51. The van der Waals surface area contributed by atoms with Gasteiger partial charge in [0.1, 0.15) is 12.1 Å². The number of aromatic nitrogens is 2. The molecule has 0 amide bonds. The number of ether oxygens (including phenoxy) is 1. The fourth-order valence-corrected chi connectivity index (χ4v) is 1.87. The number of hydrogen-bond acceptors (Lipinski definition) is 5. The smallest absolute Gasteiger partial charge is 0.227 e. The van der Waals surface area contributed by atoms with Gasteiger partial charge in [-0.25, -0.2) is 15.8 Å². The van der Waals surface area contributed by atoms with E-state index in [1.54, 1.807) is 0 Å². The summed E-state index contributed by atoms with van der Waals surface area (Å²) in [5, 5.41) is 0. The molecule has 0 unspecified atom stereocenters. The SMILES string of the molecule is Cc1ccccc1Oc1ncnc(NN)c1C(C)C. The zero-order chi connectivity index (χ0) is 13.8. The number of hydrazine groups is 1. The molecule has 1 aromatic heterocycles. The summed E-state index contributed by atoms with van der Waals surface area (Å²) in [6, 6.07) is 7.81. The van der Waals surface area contributed by atoms with E-state index in [4.69, 9.17) is 10.6 Å². The van der Waals surface area contributed by atoms with Gasteiger partial charge in [0, 0.05) is 0 Å². The molecule has 0 saturated heterocycles. The molecule has 0 radical (unpaired) electrons. The van der Waals surface area contributed by atoms with Crippen molar-refractivity contribution in [2.24, 2.45) is 5.84 Å². The molecule has 1 aromatic carbocycles. The third kappa shape index (κ3) is 2.82. The van der Waals surface area contributed by atoms with Crippen LogP contribution in [0.1, 0.15) is 30.9 Å². The lowest BCUT2D eigenvalue weighted by Crippen LogP contribution is -2.13. The number of nitrogens with one attached hydrogen (secondary N) is 1. The van der Waals surface area contributed by atoms with Crippen LogP contribution in [0.4, 0.5) is 5.82 Å². The number of anilines is 1. The summed E-state index contributed by atoms with van der Waals surface area (Å²) >= 11 is 0. The minimum absolute atomic E-state index is 0.200. The van der Waals surface area contributed by atoms with Gasteiger partial charge in [-0.15, -0.1) is 0 Å². The Morgan fingerprint density at radius 3 is 2.58 bits per heavy atom. The molecule has 5 nitrogen and oxygen atoms in total. The maximum absolute atomic E-state index is 5.90. The average molecular weight is 258 g/mol. The highest BCUT2D eigenvalue weighted by Crippen LogP contribution is 2.33. The average Bonchev–Trinajstić information content (AvgIpc) is 2.40. The molecule has 0 atom stereocenters. The van der Waals surface area contributed by atoms with Gasteiger partial charge in [0.2, 0.25) is 5.88 Å². The molecule has 0 saturated carbocycles. The molecular formula is C14H18N4O. The fraction of sp³-hybridized carbons (Fsp3) is 0.286. The van der Waals surface area contributed by atoms with Crippen LogP contribution >= 0.6 is 0 Å². The van der Waals surface area contributed by atoms with Crippen LogP contribution in [0.25, 0.3) is 0 Å². The molecule has 19 heavy (non-hydrogen) atoms. The molecule has 3 N–H and O–H groups in total. The number of para-hydroxylation sites is 1. The molecule has 2 rings (SSSR count). The van der Waals surface area contributed by atoms with Crippen LogP contribution in [0.15, 0.2) is 30.6 Å². The lowest BCUT2D eigenvalue weighted by atomic mass is 10.1. The van der Waals surface area contributed by atoms with Crippen molar-refractivity contribution < 1.29 is 4.74 Å². The third-order valence-electron chi connectivity index (χ3n) is 2.86. The lowest BCUT2D eigenvalue weighted by Gasteiger charge is -2.16. The second-order valence-electron chi connectivity index (χ2n) is 4.61. The van der Waals surface area contributed by atoms with Crippen LogP contribution in [-0.2, 0) is 0 Å². The Bertz CT molecular complexity index is 569. The largest absolute Gasteiger partial charge is 0.438 e. The van der Waals surface area contributed by atoms with E-state index >= 15 is 0 Å². The van der Waals surface area contributed by atoms with Crippen LogP contribution in [0.3, 0.4) is 0 Å². The Morgan fingerprint density at radius 1 is 1.21 bits per heavy atom. The highest BCUT2D eigenvalue weighted by atomic mass is 16.5. The maximum Gasteiger partial charge on any atom is 0.227 e. The van der Waals surface area contributed by atoms with Gasteiger partial charge in [-0.05, 0) is 24.5 Å². The number of nitrogens with two attached hydrogens (primary N) is 1. The first kappa shape index (κ1) is 13.3. The van der Waals surface area contributed by atoms with Gasteiger partial charge >= 0.3 is 0 Å². The summed E-state index contributed by atoms with van der Waals surface area (Å²) in [5.74, 6) is 7.59. The number of aryl methyl sites for hydroxylation is 1. The monoisotopic (exact) mass is 258 g/mol. The van der Waals surface area contributed by atoms with Gasteiger partial charge in [-0.1, -0.05) is 32.0 Å². The number of nitrogen functional groups attached to an aromatic ring is 1. The first-order valence-electron chi connectivity index (χ1n) is 6.18. The molecule has 100 valence electrons. The van der Waals surface area contributed by atoms with Crippen molar-refractivity contribution in [1.82, 2.24) is 9.97 Å². The molecule has 2 aromatic rings. The van der Waals surface area contributed by atoms with E-state index in [0.717, 1.165) is 16.9 Å². The maximum atomic E-state index is 5.90. The highest BCUT2D eigenvalue weighted by Gasteiger charge is 2.16. The second kappa shape index (κ2) is 5.67. The van der Waals surface area contributed by atoms with Crippen molar-refractivity contribution >= 4 is 5.82 Å². The summed E-state index contributed by atoms with van der Waals surface area (Å²) in [7, 11) is 0. The Labute approximate surface area is 112 Å². The third-order valence-corrected chi connectivity index (χ3v) is 2.86. The molecular weight excluding hydrogens is 240 g/mol. The fourth-order valence-electron chi connectivity index (χ4n) is 1.87. The Morgan fingerprint density at radius 2 is 1.95 bits per heavy atom. The van der Waals surface area contributed by atoms with E-state index in [9.17, 15) is 0 Å². The first-order chi connectivity index (χ1) is 9.13. The summed E-state index contributed by atoms with van der Waals surface area (Å²) < 4.78 is 5.90. The quantitative estimate of drug-likeness (QED) is 0.651. The van der Waals surface area contributed by atoms with Crippen LogP contribution in [0, 0.1) is 6.92 Å². The second-order valence-corrected chi connectivity index (χ2v) is 4.61. The topological polar surface area (TPSA) is 73.1 Å². The molecule has 0 bridgehead atoms. The lowest BCUT2D eigenvalue weighted by molar-refractivity contribution is 0.448. The Balaban J connectivity index is 2.43. The van der Waals surface area contributed by atoms with E-state index in [-0.39, 0.29) is 5.92 Å². The van der Waals surface area contributed by atoms with Crippen molar-refractivity contribution in [2.45, 2.75) is 26.7 Å². The van der Waals surface area contributed by atoms with E-state index in [1.165, 1.54) is 6.33 Å². The van der Waals surface area contributed by atoms with Crippen LogP contribution in [-0.4, -0.2) is 9.97 Å². The summed E-state index contributed by atoms with van der Waals surface area (Å²) in [6.45, 7) is 6.09. The minimum atomic E-state index is 0.200. The minimum Gasteiger partial charge on any atom is -0.438 e. The van der Waals surface area contributed by atoms with E-state index in [1.807, 2.05) is 45.0 Å². The van der Waals surface area contributed by atoms with E-state index in [2.05, 4.69) is 15.4 Å². The van der Waals surface area contributed by atoms with Crippen molar-refractivity contribution in [2.75, 3.05) is 5.43 Å². The van der Waals surface area contributed by atoms with Gasteiger partial charge < -0.3 is 10.2 Å². The molecule has 0 aliphatic heterocycles. The number of rotatable bonds is 4. The summed E-state index contributed by atoms with van der Waals surface area (Å²) in [5.41, 5.74) is 4.51. The zero-order valence-corrected chi connectivity index (χ0v) is 11.3. The molecule has 1 heterocycles. The molecule has 0 aliphatic carbocycles. The van der Waals surface area contributed by atoms with Crippen molar-refractivity contribution in [3.63, 3.8) is 0 Å². The van der Waals surface area contributed by atoms with Crippen molar-refractivity contribution in [1.29, 1.82) is 0 Å². The van der Waals surface area contributed by atoms with Gasteiger partial charge in [0.25, 0.3) is 0 Å². The van der Waals surface area contributed by atoms with E-state index in [0.29, 0.717) is 11.7 Å². The molecule has 0 fully saturated rings. The van der Waals surface area contributed by atoms with Crippen LogP contribution in [0.5, 0.6) is 11.6 Å². The predicted molar refractivity (Wildman–Crippen MR) is 75.2 cm³/mol. The first-order valence-corrected chi connectivity index (χ1v) is 6.18. The van der Waals surface area contributed by atoms with Gasteiger partial charge in [0.05, 0.1) is 5.56 Å². The Kier molecular flexibility index (Phi) is 3.97. The van der Waals surface area contributed by atoms with Gasteiger partial charge in [-0.3, -0.25) is 0 Å².